The number of nitrogen functional groups attached to an aromatic ring is 2. The van der Waals surface area contributed by atoms with E-state index in [2.05, 4.69) is 132 Å². The summed E-state index contributed by atoms with van der Waals surface area (Å²) in [6, 6.07) is 19.8. The van der Waals surface area contributed by atoms with Crippen LogP contribution in [0.15, 0.2) is 170 Å². The number of carbonyl (C=O) groups is 3. The molecule has 45 heteroatoms. The molecule has 4 bridgehead atoms. The maximum atomic E-state index is 12.7. The number of fused-ring (bicyclic) bond motifs is 5. The van der Waals surface area contributed by atoms with E-state index in [-0.39, 0.29) is 207 Å². The maximum absolute atomic E-state index is 12.7. The van der Waals surface area contributed by atoms with Crippen LogP contribution in [0.1, 0.15) is 80.1 Å². The van der Waals surface area contributed by atoms with Gasteiger partial charge in [-0.15, -0.1) is 11.6 Å². The second kappa shape index (κ2) is 55.1. The molecule has 0 aromatic carbocycles. The smallest absolute Gasteiger partial charge is 1.00 e. The molecule has 9 aromatic rings. The van der Waals surface area contributed by atoms with Crippen LogP contribution in [0.3, 0.4) is 0 Å². The molecule has 1 unspecified atom stereocenters. The second-order valence-corrected chi connectivity index (χ2v) is 25.3. The number of nitrogens with zero attached hydrogens (tertiary/aromatic N) is 14. The molecule has 0 saturated carbocycles. The molecule has 11 rings (SSSR count). The van der Waals surface area contributed by atoms with Crippen LogP contribution in [0, 0.1) is 30.3 Å². The zero-order chi connectivity index (χ0) is 81.2. The fourth-order valence-corrected chi connectivity index (χ4v) is 12.2. The number of aromatic nitrogens is 10. The number of amides is 3. The minimum Gasteiger partial charge on any atom is -1.00 e. The van der Waals surface area contributed by atoms with Gasteiger partial charge in [-0.1, -0.05) is 71.9 Å². The first-order valence-corrected chi connectivity index (χ1v) is 36.9. The number of H-pyrrole nitrogens is 1. The molecule has 11 heterocycles. The number of rotatable bonds is 17. The molecule has 632 valence electrons. The number of nitrogens with one attached hydrogen (secondary N) is 2. The third-order valence-corrected chi connectivity index (χ3v) is 16.6. The first-order valence-electron chi connectivity index (χ1n) is 33.2. The van der Waals surface area contributed by atoms with Crippen molar-refractivity contribution in [1.82, 2.24) is 49.4 Å². The minimum absolute atomic E-state index is 0. The SMILES string of the molecule is C.C.C.C=CCOc1cccnc1CCl.C=CCOc1cccnc1CN(C(=O)OCC)c1cc(Br)nc(Br)c1[N+](=O)[O-].CCOC(=O)N1Cc2ncccc2OC/C=C/CCOc2cc1c([N+](=O)[O-])c(N)n2.CCOC(=O)Nc1cc(Br)nc(Br)c1[N+](=O)[O-].Nc1nc2cc3c1[nH]c(=O)n3Cc1ncccc1OC/C=C/CCO2.P.[3HH].[I-].[Na+]. The molecule has 3 amide bonds. The summed E-state index contributed by atoms with van der Waals surface area (Å²) >= 11 is 17.9. The molecule has 0 aliphatic carbocycles. The van der Waals surface area contributed by atoms with Gasteiger partial charge in [0, 0.05) is 50.5 Å². The quantitative estimate of drug-likeness (QED) is 0.00757. The van der Waals surface area contributed by atoms with Crippen LogP contribution >= 0.6 is 85.2 Å². The summed E-state index contributed by atoms with van der Waals surface area (Å²) in [7, 11) is 0. The van der Waals surface area contributed by atoms with Crippen molar-refractivity contribution in [3.63, 3.8) is 0 Å². The van der Waals surface area contributed by atoms with Crippen LogP contribution in [0.5, 0.6) is 34.8 Å². The number of imidazole rings is 1. The number of ether oxygens (including phenoxy) is 9. The number of carbonyl (C=O) groups excluding carboxylic acids is 3. The number of hydrogen-bond donors (Lipinski definition) is 4. The Morgan fingerprint density at radius 3 is 1.69 bits per heavy atom. The number of halogens is 6. The number of hydrogen-bond acceptors (Lipinski definition) is 29. The Hall–Kier alpha value is -9.79. The molecule has 2 aliphatic rings. The fourth-order valence-electron chi connectivity index (χ4n) is 9.67. The number of anilines is 5. The molecular weight excluding hydrogens is 1970 g/mol. The molecule has 1 atom stereocenters. The van der Waals surface area contributed by atoms with Gasteiger partial charge < -0.3 is 83.1 Å². The summed E-state index contributed by atoms with van der Waals surface area (Å²) in [6.45, 7) is 14.5. The first-order chi connectivity index (χ1) is 53.9. The number of aromatic amines is 1. The third kappa shape index (κ3) is 31.5. The predicted molar refractivity (Wildman–Crippen MR) is 460 cm³/mol. The zero-order valence-corrected chi connectivity index (χ0v) is 74.5. The third-order valence-electron chi connectivity index (χ3n) is 14.4. The average Bonchev–Trinajstić information content (AvgIpc) is 1.76. The Morgan fingerprint density at radius 1 is 0.661 bits per heavy atom. The Kier molecular flexibility index (Phi) is 49.6. The fraction of sp³-hybridized carbons (Fsp3) is 0.288. The van der Waals surface area contributed by atoms with Gasteiger partial charge in [-0.05, 0) is 146 Å². The molecule has 0 saturated heterocycles. The standard InChI is InChI=1S/C19H21N5O6.C17H16Br2N4O5.C17H17N5O3.C9H10ClNO.C8H7Br2N3O4.3CH4.HI.Na.H3P.H2/c1-2-28-19(25)23-12-13-15(7-6-8-21-13)29-9-4-3-5-10-30-16-11-14(23)17(24(26)27)18(20)22-16;1-3-8-28-13-6-5-7-20-11(13)10-22(17(24)27-4-2)12-9-14(18)21-16(19)15(12)23(25)26;18-16-15-12-9-14(20-16)25-8-3-1-2-7-24-13-5-4-6-19-11(13)10-22(12)17(23)21-15;1-2-6-12-9-4-3-5-11-8(9)7-10;1-2-17-8(14)11-4-3-5(9)12-7(10)6(4)13(15)16;;;;;;;/h3-4,6-8,11H,2,5,9-10,12H2,1H3,(H2,20,22);3,5-7,9H,1,4,8,10H2,2H3;1-2,4-6,9H,3,7-8,10H2,(H2,18,20)(H,21,23);2-5H,1,6-7H2;3H,2H2,1H3,(H,11,12,14);3*1H4;1H;;1H3;1H/q;;;;;;;;;+1;;/p-1/b4-3+;;2-1+;;;;;;;;;/i;;;;;;;;;;;1+2. The van der Waals surface area contributed by atoms with Crippen LogP contribution in [0.4, 0.5) is 60.1 Å². The van der Waals surface area contributed by atoms with E-state index in [9.17, 15) is 49.5 Å². The van der Waals surface area contributed by atoms with Crippen molar-refractivity contribution < 1.29 is 127 Å². The van der Waals surface area contributed by atoms with Crippen molar-refractivity contribution in [3.05, 3.63) is 229 Å². The molecule has 9 aromatic heterocycles. The van der Waals surface area contributed by atoms with Gasteiger partial charge in [0.15, 0.2) is 15.0 Å². The number of nitrogens with two attached hydrogens (primary N) is 2. The summed E-state index contributed by atoms with van der Waals surface area (Å²) in [5.41, 5.74) is 13.5. The summed E-state index contributed by atoms with van der Waals surface area (Å²) < 4.78 is 50.6. The number of nitro groups is 3. The summed E-state index contributed by atoms with van der Waals surface area (Å²) in [5.74, 6) is 2.90. The number of pyridine rings is 8. The Bertz CT molecular complexity index is 4980. The van der Waals surface area contributed by atoms with Crippen molar-refractivity contribution in [2.75, 3.05) is 86.0 Å². The molecule has 2 aliphatic heterocycles. The Balaban J connectivity index is 0.00000148. The van der Waals surface area contributed by atoms with Gasteiger partial charge in [-0.3, -0.25) is 70.0 Å². The largest absolute Gasteiger partial charge is 1.00 e. The van der Waals surface area contributed by atoms with Gasteiger partial charge in [-0.25, -0.2) is 29.1 Å². The van der Waals surface area contributed by atoms with E-state index in [1.807, 2.05) is 42.5 Å². The number of alkyl halides is 1. The van der Waals surface area contributed by atoms with Crippen molar-refractivity contribution in [2.24, 2.45) is 0 Å². The van der Waals surface area contributed by atoms with Crippen LogP contribution in [-0.4, -0.2) is 142 Å². The van der Waals surface area contributed by atoms with E-state index in [4.69, 9.17) is 61.0 Å². The molecular formula is C73H88Br4ClIN18NaO19P. The summed E-state index contributed by atoms with van der Waals surface area (Å²) in [5, 5.41) is 36.4. The minimum atomic E-state index is -0.805. The van der Waals surface area contributed by atoms with E-state index in [0.29, 0.717) is 99.0 Å². The van der Waals surface area contributed by atoms with Crippen molar-refractivity contribution in [2.45, 2.75) is 81.4 Å². The van der Waals surface area contributed by atoms with E-state index < -0.39 is 38.7 Å². The van der Waals surface area contributed by atoms with E-state index in [0.717, 1.165) is 21.2 Å². The maximum Gasteiger partial charge on any atom is 1.00 e. The van der Waals surface area contributed by atoms with Crippen molar-refractivity contribution in [3.8, 4) is 34.8 Å². The van der Waals surface area contributed by atoms with Gasteiger partial charge in [0.1, 0.15) is 98.3 Å². The molecule has 0 radical (unpaired) electrons. The van der Waals surface area contributed by atoms with Crippen molar-refractivity contribution >= 4 is 160 Å². The van der Waals surface area contributed by atoms with Gasteiger partial charge in [-0.2, -0.15) is 19.9 Å². The van der Waals surface area contributed by atoms with Gasteiger partial charge in [0.05, 0.1) is 84.5 Å². The second-order valence-electron chi connectivity index (χ2n) is 21.9. The van der Waals surface area contributed by atoms with E-state index in [1.165, 1.54) is 30.6 Å². The van der Waals surface area contributed by atoms with Gasteiger partial charge >= 0.3 is 70.6 Å². The van der Waals surface area contributed by atoms with Crippen molar-refractivity contribution in [1.29, 1.82) is 0 Å². The summed E-state index contributed by atoms with van der Waals surface area (Å²) in [4.78, 5) is 119. The van der Waals surface area contributed by atoms with Crippen LogP contribution in [-0.2, 0) is 39.7 Å². The molecule has 118 heavy (non-hydrogen) atoms. The normalized spacial score (nSPS) is 12.0. The zero-order valence-electron chi connectivity index (χ0n) is 61.9. The molecule has 0 spiro atoms. The molecule has 0 fully saturated rings. The van der Waals surface area contributed by atoms with Crippen LogP contribution in [0.2, 0.25) is 0 Å². The topological polar surface area (TPSA) is 475 Å². The predicted octanol–water partition coefficient (Wildman–Crippen LogP) is 10.6. The van der Waals surface area contributed by atoms with E-state index in [1.54, 1.807) is 86.3 Å². The summed E-state index contributed by atoms with van der Waals surface area (Å²) in [6.07, 6.45) is 16.2. The first kappa shape index (κ1) is 106. The monoisotopic (exact) mass is 2050 g/mol. The Labute approximate surface area is 761 Å². The Morgan fingerprint density at radius 2 is 1.15 bits per heavy atom. The van der Waals surface area contributed by atoms with Gasteiger partial charge in [0.25, 0.3) is 0 Å². The van der Waals surface area contributed by atoms with Crippen LogP contribution in [0.25, 0.3) is 11.0 Å². The average molecular weight is 2060 g/mol. The van der Waals surface area contributed by atoms with E-state index >= 15 is 0 Å². The van der Waals surface area contributed by atoms with Gasteiger partial charge in [0.2, 0.25) is 17.6 Å². The van der Waals surface area contributed by atoms with Crippen LogP contribution < -0.4 is 114 Å². The molecule has 37 nitrogen and oxygen atoms in total. The molecule has 6 N–H and O–H groups in total.